The summed E-state index contributed by atoms with van der Waals surface area (Å²) < 4.78 is 41.8. The summed E-state index contributed by atoms with van der Waals surface area (Å²) >= 11 is 0. The fraction of sp³-hybridized carbons (Fsp3) is 0.400. The van der Waals surface area contributed by atoms with Crippen molar-refractivity contribution >= 4 is 5.97 Å². The normalized spacial score (nSPS) is 16.4. The van der Waals surface area contributed by atoms with Gasteiger partial charge in [0.2, 0.25) is 5.88 Å². The molecule has 0 fully saturated rings. The summed E-state index contributed by atoms with van der Waals surface area (Å²) in [5, 5.41) is 19.7. The molecule has 7 nitrogen and oxygen atoms in total. The molecule has 1 unspecified atom stereocenters. The van der Waals surface area contributed by atoms with Crippen LogP contribution in [0.5, 0.6) is 11.6 Å². The summed E-state index contributed by atoms with van der Waals surface area (Å²) in [6.45, 7) is 7.63. The van der Waals surface area contributed by atoms with Crippen LogP contribution in [0.25, 0.3) is 11.1 Å². The molecule has 9 heteroatoms. The van der Waals surface area contributed by atoms with Gasteiger partial charge in [-0.25, -0.2) is 13.8 Å². The van der Waals surface area contributed by atoms with Crippen molar-refractivity contribution in [3.05, 3.63) is 76.5 Å². The lowest BCUT2D eigenvalue weighted by atomic mass is 9.90. The highest BCUT2D eigenvalue weighted by Crippen LogP contribution is 2.41. The predicted octanol–water partition coefficient (Wildman–Crippen LogP) is 5.70. The Labute approximate surface area is 227 Å². The van der Waals surface area contributed by atoms with E-state index in [1.165, 1.54) is 20.1 Å². The summed E-state index contributed by atoms with van der Waals surface area (Å²) in [7, 11) is 1.48. The number of halogens is 2. The molecule has 2 aromatic carbocycles. The second-order valence-electron chi connectivity index (χ2n) is 9.76. The summed E-state index contributed by atoms with van der Waals surface area (Å²) in [5.41, 5.74) is 3.34. The molecule has 2 N–H and O–H groups in total. The maximum atomic E-state index is 15.5. The minimum Gasteiger partial charge on any atom is -0.482 e. The molecule has 39 heavy (non-hydrogen) atoms. The molecule has 0 saturated heterocycles. The number of aliphatic carboxylic acids is 1. The van der Waals surface area contributed by atoms with Crippen molar-refractivity contribution in [3.8, 4) is 22.8 Å². The van der Waals surface area contributed by atoms with E-state index < -0.39 is 35.7 Å². The Morgan fingerprint density at radius 3 is 2.59 bits per heavy atom. The molecule has 0 spiro atoms. The van der Waals surface area contributed by atoms with Crippen molar-refractivity contribution < 1.29 is 33.3 Å². The van der Waals surface area contributed by atoms with Gasteiger partial charge in [0, 0.05) is 23.7 Å². The molecule has 1 aromatic heterocycles. The SMILES string of the molecule is CCN(CC)Cc1cc(C2CCc3ccc([C@H](O)[C@H](C)C(=O)O)c(F)c3O2)ccc1-c1cc(OC)ncc1F. The molecule has 3 atom stereocenters. The molecule has 1 aliphatic rings. The third-order valence-electron chi connectivity index (χ3n) is 7.45. The number of hydrogen-bond donors (Lipinski definition) is 2. The molecule has 3 aromatic rings. The monoisotopic (exact) mass is 540 g/mol. The summed E-state index contributed by atoms with van der Waals surface area (Å²) in [4.78, 5) is 17.5. The number of carboxylic acid groups (broad SMARTS) is 1. The van der Waals surface area contributed by atoms with E-state index in [9.17, 15) is 19.4 Å². The van der Waals surface area contributed by atoms with Gasteiger partial charge in [-0.1, -0.05) is 44.2 Å². The van der Waals surface area contributed by atoms with Crippen LogP contribution in [-0.2, 0) is 17.8 Å². The van der Waals surface area contributed by atoms with Crippen LogP contribution in [0.15, 0.2) is 42.6 Å². The number of fused-ring (bicyclic) bond motifs is 1. The Morgan fingerprint density at radius 2 is 1.92 bits per heavy atom. The number of rotatable bonds is 10. The number of aryl methyl sites for hydroxylation is 1. The highest BCUT2D eigenvalue weighted by molar-refractivity contribution is 5.71. The average Bonchev–Trinajstić information content (AvgIpc) is 2.95. The predicted molar refractivity (Wildman–Crippen MR) is 143 cm³/mol. The standard InChI is InChI=1S/C30H34F2N2O5/c1-5-34(6-2)16-20-13-19(8-10-21(20)23-14-26(38-4)33-15-24(23)31)25-12-9-18-7-11-22(27(32)29(18)39-25)28(35)17(3)30(36)37/h7-8,10-11,13-15,17,25,28,35H,5-6,9,12,16H2,1-4H3,(H,36,37)/t17-,25?,28+/m0/s1. The van der Waals surface area contributed by atoms with E-state index in [0.717, 1.165) is 30.4 Å². The highest BCUT2D eigenvalue weighted by atomic mass is 19.1. The fourth-order valence-corrected chi connectivity index (χ4v) is 4.92. The summed E-state index contributed by atoms with van der Waals surface area (Å²) in [6.07, 6.45) is 0.304. The van der Waals surface area contributed by atoms with E-state index in [4.69, 9.17) is 9.47 Å². The largest absolute Gasteiger partial charge is 0.482 e. The molecule has 2 heterocycles. The minimum absolute atomic E-state index is 0.0275. The number of aliphatic hydroxyl groups excluding tert-OH is 1. The zero-order valence-corrected chi connectivity index (χ0v) is 22.6. The molecular formula is C30H34F2N2O5. The first-order valence-electron chi connectivity index (χ1n) is 13.1. The van der Waals surface area contributed by atoms with E-state index in [0.29, 0.717) is 42.0 Å². The number of aromatic nitrogens is 1. The second-order valence-corrected chi connectivity index (χ2v) is 9.76. The Kier molecular flexibility index (Phi) is 8.82. The highest BCUT2D eigenvalue weighted by Gasteiger charge is 2.31. The van der Waals surface area contributed by atoms with E-state index in [1.54, 1.807) is 12.1 Å². The summed E-state index contributed by atoms with van der Waals surface area (Å²) in [6, 6.07) is 10.3. The molecule has 0 bridgehead atoms. The first-order valence-corrected chi connectivity index (χ1v) is 13.1. The van der Waals surface area contributed by atoms with Crippen LogP contribution in [0, 0.1) is 17.6 Å². The maximum absolute atomic E-state index is 15.5. The molecule has 4 rings (SSSR count). The van der Waals surface area contributed by atoms with Gasteiger partial charge in [0.1, 0.15) is 11.9 Å². The molecule has 0 aliphatic carbocycles. The maximum Gasteiger partial charge on any atom is 0.309 e. The molecule has 0 amide bonds. The average molecular weight is 541 g/mol. The van der Waals surface area contributed by atoms with E-state index >= 15 is 4.39 Å². The van der Waals surface area contributed by atoms with Crippen molar-refractivity contribution in [3.63, 3.8) is 0 Å². The molecule has 0 radical (unpaired) electrons. The third kappa shape index (κ3) is 5.89. The van der Waals surface area contributed by atoms with Crippen LogP contribution < -0.4 is 9.47 Å². The molecule has 0 saturated carbocycles. The smallest absolute Gasteiger partial charge is 0.309 e. The number of benzene rings is 2. The Balaban J connectivity index is 1.72. The van der Waals surface area contributed by atoms with Gasteiger partial charge in [-0.3, -0.25) is 9.69 Å². The number of methoxy groups -OCH3 is 1. The number of pyridine rings is 1. The zero-order chi connectivity index (χ0) is 28.3. The van der Waals surface area contributed by atoms with Gasteiger partial charge in [0.05, 0.1) is 25.3 Å². The van der Waals surface area contributed by atoms with Gasteiger partial charge < -0.3 is 19.7 Å². The lowest BCUT2D eigenvalue weighted by molar-refractivity contribution is -0.145. The van der Waals surface area contributed by atoms with Crippen LogP contribution in [0.1, 0.15) is 61.7 Å². The third-order valence-corrected chi connectivity index (χ3v) is 7.45. The summed E-state index contributed by atoms with van der Waals surface area (Å²) in [5.74, 6) is -3.27. The Hall–Kier alpha value is -3.56. The van der Waals surface area contributed by atoms with Gasteiger partial charge in [-0.05, 0) is 55.1 Å². The van der Waals surface area contributed by atoms with Gasteiger partial charge >= 0.3 is 5.97 Å². The van der Waals surface area contributed by atoms with Crippen LogP contribution >= 0.6 is 0 Å². The van der Waals surface area contributed by atoms with Gasteiger partial charge in [-0.2, -0.15) is 0 Å². The number of aliphatic hydroxyl groups is 1. The minimum atomic E-state index is -1.51. The lowest BCUT2D eigenvalue weighted by Crippen LogP contribution is -2.23. The van der Waals surface area contributed by atoms with Crippen LogP contribution in [0.3, 0.4) is 0 Å². The zero-order valence-electron chi connectivity index (χ0n) is 22.6. The molecule has 1 aliphatic heterocycles. The van der Waals surface area contributed by atoms with Crippen molar-refractivity contribution in [2.45, 2.75) is 52.4 Å². The van der Waals surface area contributed by atoms with Gasteiger partial charge in [0.15, 0.2) is 11.6 Å². The number of carboxylic acids is 1. The van der Waals surface area contributed by atoms with E-state index in [1.807, 2.05) is 18.2 Å². The first-order chi connectivity index (χ1) is 18.7. The van der Waals surface area contributed by atoms with Crippen molar-refractivity contribution in [1.29, 1.82) is 0 Å². The number of nitrogens with zero attached hydrogens (tertiary/aromatic N) is 2. The number of hydrogen-bond acceptors (Lipinski definition) is 6. The van der Waals surface area contributed by atoms with Crippen LogP contribution in [0.4, 0.5) is 8.78 Å². The molecular weight excluding hydrogens is 506 g/mol. The van der Waals surface area contributed by atoms with Gasteiger partial charge in [0.25, 0.3) is 0 Å². The number of carbonyl (C=O) groups is 1. The van der Waals surface area contributed by atoms with Crippen LogP contribution in [0.2, 0.25) is 0 Å². The topological polar surface area (TPSA) is 92.1 Å². The van der Waals surface area contributed by atoms with Crippen molar-refractivity contribution in [2.75, 3.05) is 20.2 Å². The Bertz CT molecular complexity index is 1350. The number of ether oxygens (including phenoxy) is 2. The fourth-order valence-electron chi connectivity index (χ4n) is 4.92. The molecule has 208 valence electrons. The quantitative estimate of drug-likeness (QED) is 0.341. The van der Waals surface area contributed by atoms with Crippen LogP contribution in [-0.4, -0.2) is 46.3 Å². The van der Waals surface area contributed by atoms with E-state index in [2.05, 4.69) is 23.7 Å². The Morgan fingerprint density at radius 1 is 1.18 bits per heavy atom. The lowest BCUT2D eigenvalue weighted by Gasteiger charge is -2.29. The van der Waals surface area contributed by atoms with Crippen molar-refractivity contribution in [2.24, 2.45) is 5.92 Å². The van der Waals surface area contributed by atoms with Crippen molar-refractivity contribution in [1.82, 2.24) is 9.88 Å². The first kappa shape index (κ1) is 28.4. The van der Waals surface area contributed by atoms with Gasteiger partial charge in [-0.15, -0.1) is 0 Å². The van der Waals surface area contributed by atoms with E-state index in [-0.39, 0.29) is 11.3 Å². The second kappa shape index (κ2) is 12.1.